The number of alkyl halides is 4. The van der Waals surface area contributed by atoms with E-state index < -0.39 is 35.7 Å². The van der Waals surface area contributed by atoms with Crippen molar-refractivity contribution in [1.82, 2.24) is 4.90 Å². The van der Waals surface area contributed by atoms with Gasteiger partial charge in [0, 0.05) is 0 Å². The molecule has 0 saturated carbocycles. The molecule has 0 N–H and O–H groups in total. The van der Waals surface area contributed by atoms with Gasteiger partial charge in [0.05, 0.1) is 18.7 Å². The number of hydrogen-bond acceptors (Lipinski definition) is 3. The van der Waals surface area contributed by atoms with Crippen molar-refractivity contribution in [2.24, 2.45) is 0 Å². The van der Waals surface area contributed by atoms with Crippen molar-refractivity contribution in [3.63, 3.8) is 0 Å². The fourth-order valence-corrected chi connectivity index (χ4v) is 2.22. The highest BCUT2D eigenvalue weighted by atomic mass is 19.4. The van der Waals surface area contributed by atoms with Crippen LogP contribution in [0.2, 0.25) is 0 Å². The zero-order valence-corrected chi connectivity index (χ0v) is 13.6. The summed E-state index contributed by atoms with van der Waals surface area (Å²) in [6, 6.07) is 3.99. The molecule has 1 aromatic rings. The number of carbonyl (C=O) groups is 1. The van der Waals surface area contributed by atoms with Gasteiger partial charge < -0.3 is 14.4 Å². The van der Waals surface area contributed by atoms with E-state index in [4.69, 9.17) is 9.47 Å². The molecule has 1 aliphatic rings. The van der Waals surface area contributed by atoms with E-state index in [1.807, 2.05) is 0 Å². The van der Waals surface area contributed by atoms with E-state index in [0.29, 0.717) is 0 Å². The Bertz CT molecular complexity index is 580. The average Bonchev–Trinajstić information content (AvgIpc) is 2.78. The summed E-state index contributed by atoms with van der Waals surface area (Å²) in [6.45, 7) is 4.88. The maximum Gasteiger partial charge on any atom is 0.416 e. The van der Waals surface area contributed by atoms with Gasteiger partial charge in [-0.15, -0.1) is 0 Å². The number of benzene rings is 1. The number of carbonyl (C=O) groups excluding carboxylic acids is 1. The van der Waals surface area contributed by atoms with Gasteiger partial charge >= 0.3 is 12.3 Å². The van der Waals surface area contributed by atoms with Crippen molar-refractivity contribution in [2.75, 3.05) is 13.1 Å². The predicted octanol–water partition coefficient (Wildman–Crippen LogP) is 4.04. The van der Waals surface area contributed by atoms with Crippen LogP contribution in [0.3, 0.4) is 0 Å². The van der Waals surface area contributed by atoms with Crippen LogP contribution in [-0.2, 0) is 10.9 Å². The summed E-state index contributed by atoms with van der Waals surface area (Å²) >= 11 is 0. The lowest BCUT2D eigenvalue weighted by atomic mass is 10.2. The van der Waals surface area contributed by atoms with Gasteiger partial charge in [0.2, 0.25) is 0 Å². The molecule has 1 aromatic carbocycles. The van der Waals surface area contributed by atoms with E-state index in [2.05, 4.69) is 0 Å². The monoisotopic (exact) mass is 349 g/mol. The summed E-state index contributed by atoms with van der Waals surface area (Å²) in [5.41, 5.74) is -1.51. The van der Waals surface area contributed by atoms with Crippen LogP contribution < -0.4 is 4.74 Å². The first-order valence-corrected chi connectivity index (χ1v) is 7.41. The highest BCUT2D eigenvalue weighted by Gasteiger charge is 2.39. The normalized spacial score (nSPS) is 21.7. The van der Waals surface area contributed by atoms with Crippen molar-refractivity contribution in [3.8, 4) is 5.75 Å². The molecule has 1 aliphatic heterocycles. The molecular weight excluding hydrogens is 330 g/mol. The van der Waals surface area contributed by atoms with Crippen molar-refractivity contribution in [2.45, 2.75) is 44.8 Å². The first kappa shape index (κ1) is 18.4. The molecule has 8 heteroatoms. The minimum atomic E-state index is -4.44. The Balaban J connectivity index is 1.97. The molecule has 0 spiro atoms. The second-order valence-electron chi connectivity index (χ2n) is 6.58. The molecule has 0 aliphatic carbocycles. The standard InChI is InChI=1S/C16H19F4NO3/c1-15(2,3)24-14(22)21-8-12(17)13(9-21)23-11-6-4-10(5-7-11)16(18,19)20/h4-7,12-13H,8-9H2,1-3H3/t12-,13-/m0/s1. The highest BCUT2D eigenvalue weighted by molar-refractivity contribution is 5.68. The van der Waals surface area contributed by atoms with Gasteiger partial charge in [0.25, 0.3) is 0 Å². The Labute approximate surface area is 137 Å². The fraction of sp³-hybridized carbons (Fsp3) is 0.562. The van der Waals surface area contributed by atoms with Gasteiger partial charge in [-0.25, -0.2) is 9.18 Å². The van der Waals surface area contributed by atoms with Gasteiger partial charge in [0.15, 0.2) is 6.17 Å². The van der Waals surface area contributed by atoms with E-state index >= 15 is 0 Å². The summed E-state index contributed by atoms with van der Waals surface area (Å²) < 4.78 is 62.1. The smallest absolute Gasteiger partial charge is 0.416 e. The van der Waals surface area contributed by atoms with E-state index in [0.717, 1.165) is 24.3 Å². The van der Waals surface area contributed by atoms with E-state index in [9.17, 15) is 22.4 Å². The quantitative estimate of drug-likeness (QED) is 0.757. The molecule has 2 rings (SSSR count). The molecule has 2 atom stereocenters. The predicted molar refractivity (Wildman–Crippen MR) is 78.6 cm³/mol. The Kier molecular flexibility index (Phi) is 4.96. The molecule has 1 heterocycles. The first-order valence-electron chi connectivity index (χ1n) is 7.41. The third-order valence-electron chi connectivity index (χ3n) is 3.32. The number of hydrogen-bond donors (Lipinski definition) is 0. The van der Waals surface area contributed by atoms with Gasteiger partial charge in [-0.3, -0.25) is 0 Å². The lowest BCUT2D eigenvalue weighted by molar-refractivity contribution is -0.137. The molecule has 0 aromatic heterocycles. The van der Waals surface area contributed by atoms with Gasteiger partial charge in [-0.2, -0.15) is 13.2 Å². The molecule has 134 valence electrons. The third kappa shape index (κ3) is 4.75. The molecule has 4 nitrogen and oxygen atoms in total. The Hall–Kier alpha value is -1.99. The van der Waals surface area contributed by atoms with Crippen LogP contribution in [-0.4, -0.2) is 42.0 Å². The maximum atomic E-state index is 14.0. The maximum absolute atomic E-state index is 14.0. The molecule has 24 heavy (non-hydrogen) atoms. The Morgan fingerprint density at radius 1 is 1.12 bits per heavy atom. The number of nitrogens with zero attached hydrogens (tertiary/aromatic N) is 1. The molecular formula is C16H19F4NO3. The number of amides is 1. The molecule has 0 bridgehead atoms. The van der Waals surface area contributed by atoms with Crippen LogP contribution in [0.25, 0.3) is 0 Å². The lowest BCUT2D eigenvalue weighted by Gasteiger charge is -2.24. The zero-order valence-electron chi connectivity index (χ0n) is 13.6. The van der Waals surface area contributed by atoms with E-state index in [-0.39, 0.29) is 18.8 Å². The molecule has 1 saturated heterocycles. The Morgan fingerprint density at radius 3 is 2.21 bits per heavy atom. The molecule has 1 amide bonds. The van der Waals surface area contributed by atoms with Crippen LogP contribution >= 0.6 is 0 Å². The van der Waals surface area contributed by atoms with E-state index in [1.54, 1.807) is 20.8 Å². The molecule has 0 unspecified atom stereocenters. The van der Waals surface area contributed by atoms with Crippen molar-refractivity contribution >= 4 is 6.09 Å². The van der Waals surface area contributed by atoms with Crippen molar-refractivity contribution < 1.29 is 31.8 Å². The number of halogens is 4. The summed E-state index contributed by atoms with van der Waals surface area (Å²) in [6.07, 6.45) is -7.49. The molecule has 1 fully saturated rings. The minimum Gasteiger partial charge on any atom is -0.485 e. The summed E-state index contributed by atoms with van der Waals surface area (Å²) in [5.74, 6) is 0.113. The Morgan fingerprint density at radius 2 is 1.71 bits per heavy atom. The van der Waals surface area contributed by atoms with Crippen LogP contribution in [0.5, 0.6) is 5.75 Å². The summed E-state index contributed by atoms with van der Waals surface area (Å²) in [7, 11) is 0. The summed E-state index contributed by atoms with van der Waals surface area (Å²) in [4.78, 5) is 13.1. The van der Waals surface area contributed by atoms with Crippen LogP contribution in [0, 0.1) is 0 Å². The van der Waals surface area contributed by atoms with Crippen LogP contribution in [0.4, 0.5) is 22.4 Å². The van der Waals surface area contributed by atoms with E-state index in [1.165, 1.54) is 4.90 Å². The third-order valence-corrected chi connectivity index (χ3v) is 3.32. The van der Waals surface area contributed by atoms with Crippen LogP contribution in [0.15, 0.2) is 24.3 Å². The SMILES string of the molecule is CC(C)(C)OC(=O)N1C[C@H](Oc2ccc(C(F)(F)F)cc2)[C@@H](F)C1. The lowest BCUT2D eigenvalue weighted by Crippen LogP contribution is -2.36. The van der Waals surface area contributed by atoms with Crippen molar-refractivity contribution in [3.05, 3.63) is 29.8 Å². The van der Waals surface area contributed by atoms with Crippen molar-refractivity contribution in [1.29, 1.82) is 0 Å². The zero-order chi connectivity index (χ0) is 18.1. The second kappa shape index (κ2) is 6.49. The fourth-order valence-electron chi connectivity index (χ4n) is 2.22. The largest absolute Gasteiger partial charge is 0.485 e. The second-order valence-corrected chi connectivity index (χ2v) is 6.58. The van der Waals surface area contributed by atoms with Crippen LogP contribution in [0.1, 0.15) is 26.3 Å². The van der Waals surface area contributed by atoms with Gasteiger partial charge in [-0.05, 0) is 45.0 Å². The number of likely N-dealkylation sites (tertiary alicyclic amines) is 1. The average molecular weight is 349 g/mol. The summed E-state index contributed by atoms with van der Waals surface area (Å²) in [5, 5.41) is 0. The number of rotatable bonds is 2. The topological polar surface area (TPSA) is 38.8 Å². The molecule has 0 radical (unpaired) electrons. The van der Waals surface area contributed by atoms with Gasteiger partial charge in [0.1, 0.15) is 17.5 Å². The van der Waals surface area contributed by atoms with Gasteiger partial charge in [-0.1, -0.05) is 0 Å². The highest BCUT2D eigenvalue weighted by Crippen LogP contribution is 2.31. The number of ether oxygens (including phenoxy) is 2. The first-order chi connectivity index (χ1) is 11.0. The minimum absolute atomic E-state index is 0.0307.